The molecule has 0 aromatic rings. The molecule has 2 N–H and O–H groups in total. The normalized spacial score (nSPS) is 24.8. The van der Waals surface area contributed by atoms with E-state index in [2.05, 4.69) is 4.99 Å². The van der Waals surface area contributed by atoms with Gasteiger partial charge in [0.15, 0.2) is 11.7 Å². The lowest BCUT2D eigenvalue weighted by atomic mass is 10.2. The Morgan fingerprint density at radius 2 is 2.00 bits per heavy atom. The van der Waals surface area contributed by atoms with Crippen LogP contribution in [0.2, 0.25) is 0 Å². The van der Waals surface area contributed by atoms with Gasteiger partial charge in [-0.05, 0) is 0 Å². The van der Waals surface area contributed by atoms with Gasteiger partial charge in [0.05, 0.1) is 19.4 Å². The lowest BCUT2D eigenvalue weighted by Gasteiger charge is -2.39. The number of aliphatic imine (C=N–C) groups is 1. The molecule has 98 valence electrons. The van der Waals surface area contributed by atoms with Gasteiger partial charge in [0.1, 0.15) is 0 Å². The summed E-state index contributed by atoms with van der Waals surface area (Å²) in [7, 11) is 0. The fraction of sp³-hybridized carbons (Fsp3) is 0.500. The predicted octanol–water partition coefficient (Wildman–Crippen LogP) is -1.00. The Morgan fingerprint density at radius 3 is 2.56 bits per heavy atom. The smallest absolute Gasteiger partial charge is 0.356 e. The molecule has 8 heteroatoms. The van der Waals surface area contributed by atoms with E-state index < -0.39 is 18.0 Å². The van der Waals surface area contributed by atoms with E-state index in [0.717, 1.165) is 6.21 Å². The first-order chi connectivity index (χ1) is 8.59. The van der Waals surface area contributed by atoms with E-state index in [-0.39, 0.29) is 5.70 Å². The lowest BCUT2D eigenvalue weighted by Crippen LogP contribution is -2.54. The first-order valence-electron chi connectivity index (χ1n) is 5.42. The lowest BCUT2D eigenvalue weighted by molar-refractivity contribution is -0.149. The first kappa shape index (κ1) is 12.5. The molecule has 0 aromatic heterocycles. The molecular formula is C10H13N3O5. The van der Waals surface area contributed by atoms with E-state index in [9.17, 15) is 9.59 Å². The van der Waals surface area contributed by atoms with Crippen molar-refractivity contribution in [3.05, 3.63) is 11.9 Å². The summed E-state index contributed by atoms with van der Waals surface area (Å²) in [5, 5.41) is 21.1. The number of carbonyl (C=O) groups is 2. The number of hydrazine groups is 1. The zero-order chi connectivity index (χ0) is 13.1. The number of hydrogen-bond acceptors (Lipinski definition) is 6. The summed E-state index contributed by atoms with van der Waals surface area (Å²) in [6, 6.07) is -0.980. The van der Waals surface area contributed by atoms with Crippen LogP contribution < -0.4 is 0 Å². The second-order valence-corrected chi connectivity index (χ2v) is 3.83. The van der Waals surface area contributed by atoms with Crippen LogP contribution in [0.15, 0.2) is 16.9 Å². The number of carboxylic acids is 2. The number of morpholine rings is 1. The maximum absolute atomic E-state index is 11.1. The van der Waals surface area contributed by atoms with Gasteiger partial charge in [-0.3, -0.25) is 5.01 Å². The van der Waals surface area contributed by atoms with Gasteiger partial charge in [0, 0.05) is 19.3 Å². The molecule has 2 heterocycles. The molecule has 0 aliphatic carbocycles. The van der Waals surface area contributed by atoms with Crippen LogP contribution >= 0.6 is 0 Å². The molecule has 1 atom stereocenters. The van der Waals surface area contributed by atoms with Gasteiger partial charge >= 0.3 is 11.9 Å². The van der Waals surface area contributed by atoms with Crippen molar-refractivity contribution >= 4 is 18.2 Å². The number of rotatable bonds is 3. The third kappa shape index (κ3) is 2.49. The summed E-state index contributed by atoms with van der Waals surface area (Å²) >= 11 is 0. The zero-order valence-electron chi connectivity index (χ0n) is 9.52. The molecule has 1 unspecified atom stereocenters. The molecule has 2 aliphatic rings. The van der Waals surface area contributed by atoms with Crippen molar-refractivity contribution in [1.82, 2.24) is 10.0 Å². The van der Waals surface area contributed by atoms with E-state index in [1.807, 2.05) is 0 Å². The van der Waals surface area contributed by atoms with Crippen molar-refractivity contribution in [3.63, 3.8) is 0 Å². The summed E-state index contributed by atoms with van der Waals surface area (Å²) in [4.78, 5) is 25.6. The van der Waals surface area contributed by atoms with Crippen molar-refractivity contribution in [1.29, 1.82) is 0 Å². The fourth-order valence-electron chi connectivity index (χ4n) is 1.79. The predicted molar refractivity (Wildman–Crippen MR) is 59.9 cm³/mol. The van der Waals surface area contributed by atoms with Gasteiger partial charge in [-0.1, -0.05) is 0 Å². The number of carboxylic acid groups (broad SMARTS) is 2. The van der Waals surface area contributed by atoms with Gasteiger partial charge < -0.3 is 14.9 Å². The molecule has 0 spiro atoms. The van der Waals surface area contributed by atoms with E-state index in [1.165, 1.54) is 11.2 Å². The summed E-state index contributed by atoms with van der Waals surface area (Å²) in [6.45, 7) is 1.99. The SMILES string of the molecule is O=C(O)C1=CN(N2CCOCC2)C(C(=O)O)C=N1. The van der Waals surface area contributed by atoms with Crippen LogP contribution in [0.3, 0.4) is 0 Å². The molecule has 8 nitrogen and oxygen atoms in total. The molecule has 0 aromatic carbocycles. The average molecular weight is 255 g/mol. The summed E-state index contributed by atoms with van der Waals surface area (Å²) in [5.74, 6) is -2.26. The van der Waals surface area contributed by atoms with Crippen LogP contribution in [0, 0.1) is 0 Å². The highest BCUT2D eigenvalue weighted by Gasteiger charge is 2.31. The maximum atomic E-state index is 11.1. The molecule has 0 bridgehead atoms. The van der Waals surface area contributed by atoms with Gasteiger partial charge in [-0.15, -0.1) is 0 Å². The molecule has 0 saturated carbocycles. The van der Waals surface area contributed by atoms with E-state index in [1.54, 1.807) is 5.01 Å². The highest BCUT2D eigenvalue weighted by molar-refractivity contribution is 5.97. The number of nitrogens with zero attached hydrogens (tertiary/aromatic N) is 3. The van der Waals surface area contributed by atoms with Crippen LogP contribution in [0.5, 0.6) is 0 Å². The average Bonchev–Trinajstić information content (AvgIpc) is 2.39. The Labute approximate surface area is 103 Å². The molecule has 0 radical (unpaired) electrons. The number of hydrogen-bond donors (Lipinski definition) is 2. The van der Waals surface area contributed by atoms with E-state index in [4.69, 9.17) is 14.9 Å². The van der Waals surface area contributed by atoms with Crippen molar-refractivity contribution in [3.8, 4) is 0 Å². The molecule has 2 rings (SSSR count). The number of aliphatic carboxylic acids is 2. The molecule has 1 saturated heterocycles. The second-order valence-electron chi connectivity index (χ2n) is 3.83. The third-order valence-electron chi connectivity index (χ3n) is 2.68. The van der Waals surface area contributed by atoms with Crippen LogP contribution in [0.4, 0.5) is 0 Å². The summed E-state index contributed by atoms with van der Waals surface area (Å²) < 4.78 is 5.17. The maximum Gasteiger partial charge on any atom is 0.356 e. The number of ether oxygens (including phenoxy) is 1. The summed E-state index contributed by atoms with van der Waals surface area (Å²) in [5.41, 5.74) is -0.181. The van der Waals surface area contributed by atoms with Crippen molar-refractivity contribution in [2.45, 2.75) is 6.04 Å². The van der Waals surface area contributed by atoms with E-state index >= 15 is 0 Å². The van der Waals surface area contributed by atoms with Crippen molar-refractivity contribution < 1.29 is 24.5 Å². The Balaban J connectivity index is 2.22. The largest absolute Gasteiger partial charge is 0.479 e. The third-order valence-corrected chi connectivity index (χ3v) is 2.68. The van der Waals surface area contributed by atoms with Gasteiger partial charge in [-0.2, -0.15) is 0 Å². The fourth-order valence-corrected chi connectivity index (χ4v) is 1.79. The molecule has 18 heavy (non-hydrogen) atoms. The quantitative estimate of drug-likeness (QED) is 0.666. The summed E-state index contributed by atoms with van der Waals surface area (Å²) in [6.07, 6.45) is 2.37. The second kappa shape index (κ2) is 5.15. The highest BCUT2D eigenvalue weighted by Crippen LogP contribution is 2.15. The van der Waals surface area contributed by atoms with Crippen molar-refractivity contribution in [2.75, 3.05) is 26.3 Å². The molecular weight excluding hydrogens is 242 g/mol. The van der Waals surface area contributed by atoms with Crippen LogP contribution in [0.1, 0.15) is 0 Å². The van der Waals surface area contributed by atoms with Crippen LogP contribution in [0.25, 0.3) is 0 Å². The topological polar surface area (TPSA) is 103 Å². The minimum Gasteiger partial charge on any atom is -0.479 e. The highest BCUT2D eigenvalue weighted by atomic mass is 16.5. The van der Waals surface area contributed by atoms with Crippen LogP contribution in [-0.4, -0.2) is 70.7 Å². The molecule has 2 aliphatic heterocycles. The Morgan fingerprint density at radius 1 is 1.33 bits per heavy atom. The molecule has 0 amide bonds. The van der Waals surface area contributed by atoms with Crippen molar-refractivity contribution in [2.24, 2.45) is 4.99 Å². The van der Waals surface area contributed by atoms with E-state index in [0.29, 0.717) is 26.3 Å². The zero-order valence-corrected chi connectivity index (χ0v) is 9.52. The monoisotopic (exact) mass is 255 g/mol. The Kier molecular flexibility index (Phi) is 3.58. The Hall–Kier alpha value is -1.93. The standard InChI is InChI=1S/C10H13N3O5/c14-9(15)7-6-13(8(5-11-7)10(16)17)12-1-3-18-4-2-12/h5-6,8H,1-4H2,(H,14,15)(H,16,17). The van der Waals surface area contributed by atoms with Crippen LogP contribution in [-0.2, 0) is 14.3 Å². The van der Waals surface area contributed by atoms with Gasteiger partial charge in [-0.25, -0.2) is 19.6 Å². The van der Waals surface area contributed by atoms with Gasteiger partial charge in [0.25, 0.3) is 0 Å². The Bertz CT molecular complexity index is 414. The molecule has 1 fully saturated rings. The minimum absolute atomic E-state index is 0.181. The first-order valence-corrected chi connectivity index (χ1v) is 5.42. The minimum atomic E-state index is -1.19. The van der Waals surface area contributed by atoms with Gasteiger partial charge in [0.2, 0.25) is 0 Å².